The van der Waals surface area contributed by atoms with Crippen LogP contribution in [0.15, 0.2) is 60.7 Å². The third kappa shape index (κ3) is 3.94. The first-order valence-corrected chi connectivity index (χ1v) is 8.57. The van der Waals surface area contributed by atoms with Crippen LogP contribution >= 0.6 is 0 Å². The topological polar surface area (TPSA) is 46.5 Å². The Bertz CT molecular complexity index is 940. The van der Waals surface area contributed by atoms with Crippen molar-refractivity contribution in [1.82, 2.24) is 0 Å². The molecule has 0 heterocycles. The van der Waals surface area contributed by atoms with Gasteiger partial charge in [0.05, 0.1) is 5.56 Å². The molecule has 0 unspecified atom stereocenters. The van der Waals surface area contributed by atoms with Crippen molar-refractivity contribution in [1.29, 1.82) is 0 Å². The Morgan fingerprint density at radius 2 is 1.46 bits per heavy atom. The van der Waals surface area contributed by atoms with Crippen molar-refractivity contribution < 1.29 is 14.6 Å². The van der Waals surface area contributed by atoms with E-state index in [0.29, 0.717) is 6.61 Å². The number of aryl methyl sites for hydroxylation is 3. The minimum atomic E-state index is -0.921. The molecule has 0 bridgehead atoms. The zero-order chi connectivity index (χ0) is 18.7. The molecule has 3 rings (SSSR count). The smallest absolute Gasteiger partial charge is 0.335 e. The molecular weight excluding hydrogens is 324 g/mol. The highest BCUT2D eigenvalue weighted by Crippen LogP contribution is 2.30. The summed E-state index contributed by atoms with van der Waals surface area (Å²) in [7, 11) is 0. The maximum atomic E-state index is 10.9. The molecule has 0 aliphatic rings. The second kappa shape index (κ2) is 7.44. The number of hydrogen-bond acceptors (Lipinski definition) is 2. The number of aromatic carboxylic acids is 1. The first-order valence-electron chi connectivity index (χ1n) is 8.57. The first kappa shape index (κ1) is 17.7. The van der Waals surface area contributed by atoms with Crippen molar-refractivity contribution in [3.05, 3.63) is 88.5 Å². The van der Waals surface area contributed by atoms with E-state index in [-0.39, 0.29) is 5.56 Å². The van der Waals surface area contributed by atoms with Gasteiger partial charge in [-0.25, -0.2) is 4.79 Å². The van der Waals surface area contributed by atoms with Crippen LogP contribution in [0, 0.1) is 20.8 Å². The Morgan fingerprint density at radius 3 is 2.04 bits per heavy atom. The van der Waals surface area contributed by atoms with Gasteiger partial charge in [0, 0.05) is 0 Å². The summed E-state index contributed by atoms with van der Waals surface area (Å²) in [5, 5.41) is 8.94. The number of carboxylic acids is 1. The maximum Gasteiger partial charge on any atom is 0.335 e. The second-order valence-corrected chi connectivity index (χ2v) is 6.59. The fraction of sp³-hybridized carbons (Fsp3) is 0.174. The van der Waals surface area contributed by atoms with Gasteiger partial charge in [0.15, 0.2) is 0 Å². The quantitative estimate of drug-likeness (QED) is 0.658. The molecule has 3 aromatic rings. The number of benzene rings is 3. The number of ether oxygens (including phenoxy) is 1. The summed E-state index contributed by atoms with van der Waals surface area (Å²) >= 11 is 0. The van der Waals surface area contributed by atoms with E-state index < -0.39 is 5.97 Å². The number of hydrogen-bond donors (Lipinski definition) is 1. The molecule has 3 heteroatoms. The van der Waals surface area contributed by atoms with Crippen molar-refractivity contribution in [3.8, 4) is 16.9 Å². The predicted octanol–water partition coefficient (Wildman–Crippen LogP) is 5.56. The predicted molar refractivity (Wildman–Crippen MR) is 104 cm³/mol. The van der Waals surface area contributed by atoms with Gasteiger partial charge in [0.25, 0.3) is 0 Å². The standard InChI is InChI=1S/C23H22O3/c1-15-4-10-21(16(2)12-15)22-11-9-20(13-17(22)3)26-14-18-5-7-19(8-6-18)23(24)25/h4-13H,14H2,1-3H3,(H,24,25). The highest BCUT2D eigenvalue weighted by Gasteiger charge is 2.07. The van der Waals surface area contributed by atoms with Crippen molar-refractivity contribution in [2.24, 2.45) is 0 Å². The molecule has 0 amide bonds. The van der Waals surface area contributed by atoms with Crippen molar-refractivity contribution in [2.75, 3.05) is 0 Å². The molecule has 0 saturated carbocycles. The zero-order valence-corrected chi connectivity index (χ0v) is 15.2. The van der Waals surface area contributed by atoms with Crippen LogP contribution in [-0.2, 0) is 6.61 Å². The summed E-state index contributed by atoms with van der Waals surface area (Å²) in [6.07, 6.45) is 0. The van der Waals surface area contributed by atoms with E-state index in [1.807, 2.05) is 12.1 Å². The van der Waals surface area contributed by atoms with E-state index >= 15 is 0 Å². The van der Waals surface area contributed by atoms with E-state index in [4.69, 9.17) is 9.84 Å². The first-order chi connectivity index (χ1) is 12.4. The summed E-state index contributed by atoms with van der Waals surface area (Å²) in [4.78, 5) is 10.9. The Morgan fingerprint density at radius 1 is 0.846 bits per heavy atom. The van der Waals surface area contributed by atoms with Crippen molar-refractivity contribution in [2.45, 2.75) is 27.4 Å². The van der Waals surface area contributed by atoms with Gasteiger partial charge in [-0.1, -0.05) is 42.0 Å². The van der Waals surface area contributed by atoms with Crippen molar-refractivity contribution >= 4 is 5.97 Å². The SMILES string of the molecule is Cc1ccc(-c2ccc(OCc3ccc(C(=O)O)cc3)cc2C)c(C)c1. The van der Waals surface area contributed by atoms with Gasteiger partial charge in [0.2, 0.25) is 0 Å². The number of rotatable bonds is 5. The molecular formula is C23H22O3. The van der Waals surface area contributed by atoms with Crippen LogP contribution in [0.2, 0.25) is 0 Å². The van der Waals surface area contributed by atoms with Crippen LogP contribution < -0.4 is 4.74 Å². The molecule has 0 aliphatic carbocycles. The van der Waals surface area contributed by atoms with Gasteiger partial charge in [0.1, 0.15) is 12.4 Å². The molecule has 0 aromatic heterocycles. The molecule has 0 fully saturated rings. The molecule has 0 aliphatic heterocycles. The van der Waals surface area contributed by atoms with E-state index in [1.54, 1.807) is 24.3 Å². The van der Waals surface area contributed by atoms with E-state index in [9.17, 15) is 4.79 Å². The fourth-order valence-electron chi connectivity index (χ4n) is 3.05. The van der Waals surface area contributed by atoms with Crippen LogP contribution in [0.3, 0.4) is 0 Å². The number of carbonyl (C=O) groups is 1. The molecule has 0 atom stereocenters. The van der Waals surface area contributed by atoms with Gasteiger partial charge < -0.3 is 9.84 Å². The third-order valence-corrected chi connectivity index (χ3v) is 4.48. The lowest BCUT2D eigenvalue weighted by atomic mass is 9.95. The molecule has 0 saturated heterocycles. The van der Waals surface area contributed by atoms with E-state index in [1.165, 1.54) is 22.3 Å². The Balaban J connectivity index is 1.74. The highest BCUT2D eigenvalue weighted by atomic mass is 16.5. The minimum Gasteiger partial charge on any atom is -0.489 e. The van der Waals surface area contributed by atoms with E-state index in [0.717, 1.165) is 16.9 Å². The average molecular weight is 346 g/mol. The summed E-state index contributed by atoms with van der Waals surface area (Å²) < 4.78 is 5.87. The normalized spacial score (nSPS) is 10.6. The molecule has 3 nitrogen and oxygen atoms in total. The van der Waals surface area contributed by atoms with Gasteiger partial charge in [-0.3, -0.25) is 0 Å². The summed E-state index contributed by atoms with van der Waals surface area (Å²) in [5.74, 6) is -0.117. The largest absolute Gasteiger partial charge is 0.489 e. The lowest BCUT2D eigenvalue weighted by molar-refractivity contribution is 0.0697. The number of carboxylic acid groups (broad SMARTS) is 1. The lowest BCUT2D eigenvalue weighted by Crippen LogP contribution is -1.99. The van der Waals surface area contributed by atoms with Gasteiger partial charge >= 0.3 is 5.97 Å². The summed E-state index contributed by atoms with van der Waals surface area (Å²) in [6, 6.07) is 19.3. The Kier molecular flexibility index (Phi) is 5.08. The zero-order valence-electron chi connectivity index (χ0n) is 15.2. The maximum absolute atomic E-state index is 10.9. The monoisotopic (exact) mass is 346 g/mol. The Labute approximate surface area is 153 Å². The molecule has 26 heavy (non-hydrogen) atoms. The summed E-state index contributed by atoms with van der Waals surface area (Å²) in [6.45, 7) is 6.72. The molecule has 1 N–H and O–H groups in total. The van der Waals surface area contributed by atoms with Crippen LogP contribution in [-0.4, -0.2) is 11.1 Å². The second-order valence-electron chi connectivity index (χ2n) is 6.59. The van der Waals surface area contributed by atoms with Crippen LogP contribution in [0.4, 0.5) is 0 Å². The van der Waals surface area contributed by atoms with Crippen LogP contribution in [0.5, 0.6) is 5.75 Å². The molecule has 0 spiro atoms. The minimum absolute atomic E-state index is 0.280. The van der Waals surface area contributed by atoms with Gasteiger partial charge in [-0.05, 0) is 72.9 Å². The average Bonchev–Trinajstić information content (AvgIpc) is 2.61. The molecule has 132 valence electrons. The fourth-order valence-corrected chi connectivity index (χ4v) is 3.05. The van der Waals surface area contributed by atoms with Crippen LogP contribution in [0.25, 0.3) is 11.1 Å². The third-order valence-electron chi connectivity index (χ3n) is 4.48. The highest BCUT2D eigenvalue weighted by molar-refractivity contribution is 5.87. The van der Waals surface area contributed by atoms with Crippen molar-refractivity contribution in [3.63, 3.8) is 0 Å². The lowest BCUT2D eigenvalue weighted by Gasteiger charge is -2.13. The molecule has 3 aromatic carbocycles. The van der Waals surface area contributed by atoms with Gasteiger partial charge in [-0.15, -0.1) is 0 Å². The molecule has 0 radical (unpaired) electrons. The Hall–Kier alpha value is -3.07. The van der Waals surface area contributed by atoms with Crippen LogP contribution in [0.1, 0.15) is 32.6 Å². The van der Waals surface area contributed by atoms with E-state index in [2.05, 4.69) is 45.0 Å². The summed E-state index contributed by atoms with van der Waals surface area (Å²) in [5.41, 5.74) is 7.35. The van der Waals surface area contributed by atoms with Gasteiger partial charge in [-0.2, -0.15) is 0 Å².